The van der Waals surface area contributed by atoms with Crippen LogP contribution in [-0.2, 0) is 6.42 Å². The Kier molecular flexibility index (Phi) is 3.45. The summed E-state index contributed by atoms with van der Waals surface area (Å²) in [4.78, 5) is 4.04. The maximum Gasteiger partial charge on any atom is 0.255 e. The van der Waals surface area contributed by atoms with Gasteiger partial charge in [-0.3, -0.25) is 0 Å². The molecule has 11 heavy (non-hydrogen) atoms. The number of thioether (sulfide) groups is 1. The Labute approximate surface area is 70.4 Å². The predicted molar refractivity (Wildman–Crippen MR) is 45.7 cm³/mol. The van der Waals surface area contributed by atoms with E-state index in [9.17, 15) is 0 Å². The van der Waals surface area contributed by atoms with Gasteiger partial charge in [-0.1, -0.05) is 11.8 Å². The fourth-order valence-corrected chi connectivity index (χ4v) is 1.12. The highest BCUT2D eigenvalue weighted by atomic mass is 32.2. The van der Waals surface area contributed by atoms with Crippen LogP contribution in [0, 0.1) is 0 Å². The van der Waals surface area contributed by atoms with Gasteiger partial charge in [0.05, 0.1) is 6.20 Å². The number of rotatable bonds is 4. The van der Waals surface area contributed by atoms with Crippen molar-refractivity contribution in [3.8, 4) is 0 Å². The normalized spacial score (nSPS) is 10.4. The second kappa shape index (κ2) is 4.41. The van der Waals surface area contributed by atoms with Crippen LogP contribution in [0.5, 0.6) is 0 Å². The van der Waals surface area contributed by atoms with E-state index in [0.717, 1.165) is 23.8 Å². The molecule has 1 aromatic rings. The lowest BCUT2D eigenvalue weighted by atomic mass is 10.3. The zero-order valence-corrected chi connectivity index (χ0v) is 7.36. The van der Waals surface area contributed by atoms with Crippen molar-refractivity contribution in [2.75, 3.05) is 12.8 Å². The average molecular weight is 172 g/mol. The SMILES string of the molecule is CSc1ncc(CCCN)o1. The first-order valence-corrected chi connectivity index (χ1v) is 4.78. The smallest absolute Gasteiger partial charge is 0.255 e. The molecule has 4 heteroatoms. The molecule has 0 saturated heterocycles. The summed E-state index contributed by atoms with van der Waals surface area (Å²) in [5, 5.41) is 0.733. The average Bonchev–Trinajstić information content (AvgIpc) is 2.48. The fourth-order valence-electron chi connectivity index (χ4n) is 0.776. The minimum atomic E-state index is 0.704. The molecule has 0 unspecified atom stereocenters. The van der Waals surface area contributed by atoms with Crippen molar-refractivity contribution >= 4 is 11.8 Å². The fraction of sp³-hybridized carbons (Fsp3) is 0.571. The summed E-state index contributed by atoms with van der Waals surface area (Å²) in [6.07, 6.45) is 5.56. The first-order chi connectivity index (χ1) is 5.36. The van der Waals surface area contributed by atoms with Crippen LogP contribution in [0.1, 0.15) is 12.2 Å². The lowest BCUT2D eigenvalue weighted by molar-refractivity contribution is 0.414. The van der Waals surface area contributed by atoms with Gasteiger partial charge >= 0.3 is 0 Å². The van der Waals surface area contributed by atoms with Crippen LogP contribution in [0.4, 0.5) is 0 Å². The van der Waals surface area contributed by atoms with Gasteiger partial charge in [0.15, 0.2) is 0 Å². The monoisotopic (exact) mass is 172 g/mol. The lowest BCUT2D eigenvalue weighted by Crippen LogP contribution is -1.99. The number of oxazole rings is 1. The van der Waals surface area contributed by atoms with Gasteiger partial charge in [-0.25, -0.2) is 4.98 Å². The molecule has 0 aliphatic rings. The minimum Gasteiger partial charge on any atom is -0.437 e. The summed E-state index contributed by atoms with van der Waals surface area (Å²) in [7, 11) is 0. The molecule has 0 saturated carbocycles. The maximum atomic E-state index is 5.35. The first kappa shape index (κ1) is 8.62. The maximum absolute atomic E-state index is 5.35. The molecule has 0 aliphatic carbocycles. The topological polar surface area (TPSA) is 52.0 Å². The van der Waals surface area contributed by atoms with E-state index in [2.05, 4.69) is 4.98 Å². The van der Waals surface area contributed by atoms with Gasteiger partial charge in [0.1, 0.15) is 5.76 Å². The Hall–Kier alpha value is -0.480. The van der Waals surface area contributed by atoms with E-state index in [0.29, 0.717) is 6.54 Å². The van der Waals surface area contributed by atoms with E-state index < -0.39 is 0 Å². The van der Waals surface area contributed by atoms with Crippen LogP contribution in [0.2, 0.25) is 0 Å². The van der Waals surface area contributed by atoms with Crippen molar-refractivity contribution in [2.45, 2.75) is 18.1 Å². The quantitative estimate of drug-likeness (QED) is 0.695. The van der Waals surface area contributed by atoms with Gasteiger partial charge in [-0.05, 0) is 19.2 Å². The second-order valence-electron chi connectivity index (χ2n) is 2.19. The Morgan fingerprint density at radius 3 is 3.09 bits per heavy atom. The van der Waals surface area contributed by atoms with Crippen LogP contribution in [0.3, 0.4) is 0 Å². The molecule has 1 aromatic heterocycles. The standard InChI is InChI=1S/C7H12N2OS/c1-11-7-9-5-6(10-7)3-2-4-8/h5H,2-4,8H2,1H3. The molecule has 3 nitrogen and oxygen atoms in total. The number of aromatic nitrogens is 1. The molecule has 0 spiro atoms. The summed E-state index contributed by atoms with van der Waals surface area (Å²) in [6.45, 7) is 0.704. The van der Waals surface area contributed by atoms with Gasteiger partial charge in [-0.2, -0.15) is 0 Å². The summed E-state index contributed by atoms with van der Waals surface area (Å²) in [5.74, 6) is 0.930. The molecule has 0 bridgehead atoms. The third-order valence-electron chi connectivity index (χ3n) is 1.33. The van der Waals surface area contributed by atoms with Gasteiger partial charge in [-0.15, -0.1) is 0 Å². The Morgan fingerprint density at radius 1 is 1.73 bits per heavy atom. The summed E-state index contributed by atoms with van der Waals surface area (Å²) in [6, 6.07) is 0. The highest BCUT2D eigenvalue weighted by Crippen LogP contribution is 2.14. The highest BCUT2D eigenvalue weighted by Gasteiger charge is 2.00. The molecule has 0 aliphatic heterocycles. The predicted octanol–water partition coefficient (Wildman–Crippen LogP) is 1.29. The second-order valence-corrected chi connectivity index (χ2v) is 2.95. The molecule has 62 valence electrons. The number of nitrogens with two attached hydrogens (primary N) is 1. The first-order valence-electron chi connectivity index (χ1n) is 3.55. The Morgan fingerprint density at radius 2 is 2.55 bits per heavy atom. The molecule has 1 rings (SSSR count). The van der Waals surface area contributed by atoms with Gasteiger partial charge in [0.2, 0.25) is 0 Å². The number of hydrogen-bond acceptors (Lipinski definition) is 4. The van der Waals surface area contributed by atoms with Crippen molar-refractivity contribution in [3.05, 3.63) is 12.0 Å². The Bertz CT molecular complexity index is 212. The van der Waals surface area contributed by atoms with E-state index in [4.69, 9.17) is 10.2 Å². The molecule has 0 aromatic carbocycles. The van der Waals surface area contributed by atoms with Crippen LogP contribution in [0.15, 0.2) is 15.8 Å². The number of hydrogen-bond donors (Lipinski definition) is 1. The largest absolute Gasteiger partial charge is 0.437 e. The Balaban J connectivity index is 2.44. The zero-order chi connectivity index (χ0) is 8.10. The molecule has 0 radical (unpaired) electrons. The third kappa shape index (κ3) is 2.55. The van der Waals surface area contributed by atoms with E-state index in [1.54, 1.807) is 6.20 Å². The van der Waals surface area contributed by atoms with E-state index >= 15 is 0 Å². The molecule has 0 amide bonds. The van der Waals surface area contributed by atoms with Gasteiger partial charge in [0, 0.05) is 6.42 Å². The van der Waals surface area contributed by atoms with Crippen LogP contribution < -0.4 is 5.73 Å². The molecular weight excluding hydrogens is 160 g/mol. The molecule has 0 fully saturated rings. The number of aryl methyl sites for hydroxylation is 1. The van der Waals surface area contributed by atoms with Crippen LogP contribution in [-0.4, -0.2) is 17.8 Å². The lowest BCUT2D eigenvalue weighted by Gasteiger charge is -1.90. The van der Waals surface area contributed by atoms with E-state index in [1.165, 1.54) is 11.8 Å². The molecular formula is C7H12N2OS. The van der Waals surface area contributed by atoms with Crippen LogP contribution in [0.25, 0.3) is 0 Å². The summed E-state index contributed by atoms with van der Waals surface area (Å²) < 4.78 is 5.33. The molecule has 0 atom stereocenters. The van der Waals surface area contributed by atoms with E-state index in [1.807, 2.05) is 6.26 Å². The van der Waals surface area contributed by atoms with Crippen molar-refractivity contribution < 1.29 is 4.42 Å². The van der Waals surface area contributed by atoms with Gasteiger partial charge < -0.3 is 10.2 Å². The summed E-state index contributed by atoms with van der Waals surface area (Å²) in [5.41, 5.74) is 5.35. The van der Waals surface area contributed by atoms with Crippen molar-refractivity contribution in [1.82, 2.24) is 4.98 Å². The van der Waals surface area contributed by atoms with Crippen molar-refractivity contribution in [2.24, 2.45) is 5.73 Å². The molecule has 1 heterocycles. The third-order valence-corrected chi connectivity index (χ3v) is 1.87. The van der Waals surface area contributed by atoms with E-state index in [-0.39, 0.29) is 0 Å². The highest BCUT2D eigenvalue weighted by molar-refractivity contribution is 7.98. The van der Waals surface area contributed by atoms with Gasteiger partial charge in [0.25, 0.3) is 5.22 Å². The van der Waals surface area contributed by atoms with Crippen LogP contribution >= 0.6 is 11.8 Å². The summed E-state index contributed by atoms with van der Waals surface area (Å²) >= 11 is 1.51. The molecule has 2 N–H and O–H groups in total. The number of nitrogens with zero attached hydrogens (tertiary/aromatic N) is 1. The van der Waals surface area contributed by atoms with Crippen molar-refractivity contribution in [3.63, 3.8) is 0 Å². The minimum absolute atomic E-state index is 0.704. The zero-order valence-electron chi connectivity index (χ0n) is 6.54. The van der Waals surface area contributed by atoms with Crippen molar-refractivity contribution in [1.29, 1.82) is 0 Å².